The minimum atomic E-state index is 0.150. The van der Waals surface area contributed by atoms with Gasteiger partial charge in [0.05, 0.1) is 0 Å². The Morgan fingerprint density at radius 2 is 2.00 bits per heavy atom. The molecule has 0 aromatic carbocycles. The standard InChI is InChI=1S/C8H15IN/c1-9-10-7-8-5-3-2-4-6-8/h7-8H,2-6H2,1H3/q-1. The van der Waals surface area contributed by atoms with Gasteiger partial charge in [0.25, 0.3) is 0 Å². The molecule has 0 bridgehead atoms. The van der Waals surface area contributed by atoms with E-state index in [-0.39, 0.29) is 21.5 Å². The van der Waals surface area contributed by atoms with Gasteiger partial charge in [0.2, 0.25) is 0 Å². The van der Waals surface area contributed by atoms with Crippen molar-refractivity contribution in [3.63, 3.8) is 0 Å². The minimum absolute atomic E-state index is 0.150. The third-order valence-electron chi connectivity index (χ3n) is 2.01. The molecule has 0 spiro atoms. The predicted octanol–water partition coefficient (Wildman–Crippen LogP) is -0.729. The summed E-state index contributed by atoms with van der Waals surface area (Å²) < 4.78 is 4.38. The molecular weight excluding hydrogens is 237 g/mol. The van der Waals surface area contributed by atoms with Crippen LogP contribution in [-0.2, 0) is 0 Å². The quantitative estimate of drug-likeness (QED) is 0.349. The van der Waals surface area contributed by atoms with Crippen LogP contribution in [0.3, 0.4) is 0 Å². The molecule has 1 aliphatic rings. The first-order valence-corrected chi connectivity index (χ1v) is 7.08. The molecule has 0 unspecified atom stereocenters. The summed E-state index contributed by atoms with van der Waals surface area (Å²) in [5.41, 5.74) is 0. The second-order valence-electron chi connectivity index (χ2n) is 2.81. The van der Waals surface area contributed by atoms with Gasteiger partial charge in [-0.25, -0.2) is 0 Å². The van der Waals surface area contributed by atoms with Crippen molar-refractivity contribution in [2.45, 2.75) is 32.1 Å². The Hall–Kier alpha value is 0.400. The molecule has 0 aliphatic heterocycles. The molecule has 60 valence electrons. The molecule has 1 aliphatic carbocycles. The molecule has 0 aromatic rings. The molecule has 0 aromatic heterocycles. The molecule has 1 rings (SSSR count). The summed E-state index contributed by atoms with van der Waals surface area (Å²) in [6.45, 7) is 0. The van der Waals surface area contributed by atoms with Crippen molar-refractivity contribution in [2.75, 3.05) is 4.93 Å². The molecule has 1 saturated carbocycles. The molecule has 0 heterocycles. The van der Waals surface area contributed by atoms with Gasteiger partial charge in [-0.15, -0.1) is 0 Å². The average Bonchev–Trinajstić information content (AvgIpc) is 2.03. The van der Waals surface area contributed by atoms with Gasteiger partial charge < -0.3 is 0 Å². The Balaban J connectivity index is 2.19. The zero-order chi connectivity index (χ0) is 7.23. The number of hydrogen-bond donors (Lipinski definition) is 0. The van der Waals surface area contributed by atoms with Crippen molar-refractivity contribution in [2.24, 2.45) is 9.12 Å². The SMILES string of the molecule is C[I-]N=CC1CCCCC1. The summed E-state index contributed by atoms with van der Waals surface area (Å²) in [6.07, 6.45) is 9.32. The van der Waals surface area contributed by atoms with Gasteiger partial charge in [-0.3, -0.25) is 0 Å². The first kappa shape index (κ1) is 8.50. The van der Waals surface area contributed by atoms with E-state index >= 15 is 0 Å². The normalized spacial score (nSPS) is 22.5. The van der Waals surface area contributed by atoms with E-state index in [1.165, 1.54) is 32.1 Å². The van der Waals surface area contributed by atoms with Gasteiger partial charge >= 0.3 is 73.9 Å². The van der Waals surface area contributed by atoms with Crippen LogP contribution >= 0.6 is 0 Å². The third kappa shape index (κ3) is 2.99. The molecule has 0 N–H and O–H groups in total. The molecule has 2 heteroatoms. The molecule has 10 heavy (non-hydrogen) atoms. The van der Waals surface area contributed by atoms with Crippen LogP contribution in [0.1, 0.15) is 32.1 Å². The van der Waals surface area contributed by atoms with Crippen molar-refractivity contribution in [1.29, 1.82) is 0 Å². The monoisotopic (exact) mass is 252 g/mol. The fourth-order valence-corrected chi connectivity index (χ4v) is 2.20. The number of halogens is 1. The Morgan fingerprint density at radius 1 is 1.30 bits per heavy atom. The van der Waals surface area contributed by atoms with Gasteiger partial charge in [0.15, 0.2) is 0 Å². The fourth-order valence-electron chi connectivity index (χ4n) is 1.42. The summed E-state index contributed by atoms with van der Waals surface area (Å²) in [6, 6.07) is 0. The molecule has 0 atom stereocenters. The molecule has 0 saturated heterocycles. The molecular formula is C8H15IN-. The van der Waals surface area contributed by atoms with Crippen molar-refractivity contribution >= 4 is 6.21 Å². The Kier molecular flexibility index (Phi) is 4.34. The van der Waals surface area contributed by atoms with Crippen LogP contribution in [0.15, 0.2) is 3.21 Å². The summed E-state index contributed by atoms with van der Waals surface area (Å²) in [5, 5.41) is 0. The van der Waals surface area contributed by atoms with Gasteiger partial charge in [0, 0.05) is 0 Å². The predicted molar refractivity (Wildman–Crippen MR) is 41.0 cm³/mol. The van der Waals surface area contributed by atoms with Crippen LogP contribution in [-0.4, -0.2) is 11.1 Å². The Labute approximate surface area is 73.9 Å². The summed E-state index contributed by atoms with van der Waals surface area (Å²) in [4.78, 5) is 2.21. The first-order valence-electron chi connectivity index (χ1n) is 3.96. The van der Waals surface area contributed by atoms with Crippen LogP contribution in [0.2, 0.25) is 0 Å². The molecule has 0 amide bonds. The van der Waals surface area contributed by atoms with Gasteiger partial charge in [-0.1, -0.05) is 0 Å². The first-order chi connectivity index (χ1) is 4.93. The average molecular weight is 252 g/mol. The van der Waals surface area contributed by atoms with Gasteiger partial charge in [-0.05, 0) is 0 Å². The number of nitrogens with zero attached hydrogens (tertiary/aromatic N) is 1. The molecule has 0 radical (unpaired) electrons. The van der Waals surface area contributed by atoms with Gasteiger partial charge in [-0.2, -0.15) is 0 Å². The van der Waals surface area contributed by atoms with Gasteiger partial charge in [0.1, 0.15) is 0 Å². The van der Waals surface area contributed by atoms with Crippen LogP contribution in [0, 0.1) is 5.92 Å². The van der Waals surface area contributed by atoms with E-state index in [0.717, 1.165) is 5.92 Å². The number of hydrogen-bond acceptors (Lipinski definition) is 1. The number of rotatable bonds is 2. The van der Waals surface area contributed by atoms with Crippen LogP contribution in [0.4, 0.5) is 0 Å². The maximum absolute atomic E-state index is 4.38. The maximum atomic E-state index is 4.38. The van der Waals surface area contributed by atoms with Crippen LogP contribution in [0.25, 0.3) is 0 Å². The fraction of sp³-hybridized carbons (Fsp3) is 0.875. The van der Waals surface area contributed by atoms with E-state index in [9.17, 15) is 0 Å². The van der Waals surface area contributed by atoms with Crippen molar-refractivity contribution in [3.8, 4) is 0 Å². The number of alkyl halides is 1. The second kappa shape index (κ2) is 5.10. The molecule has 1 fully saturated rings. The van der Waals surface area contributed by atoms with Crippen LogP contribution < -0.4 is 21.5 Å². The Bertz CT molecular complexity index is 106. The third-order valence-corrected chi connectivity index (χ3v) is 2.89. The van der Waals surface area contributed by atoms with E-state index in [2.05, 4.69) is 14.4 Å². The van der Waals surface area contributed by atoms with E-state index < -0.39 is 0 Å². The summed E-state index contributed by atoms with van der Waals surface area (Å²) in [7, 11) is 0. The topological polar surface area (TPSA) is 12.4 Å². The van der Waals surface area contributed by atoms with E-state index in [0.29, 0.717) is 0 Å². The van der Waals surface area contributed by atoms with Crippen molar-refractivity contribution in [1.82, 2.24) is 0 Å². The van der Waals surface area contributed by atoms with Crippen molar-refractivity contribution in [3.05, 3.63) is 0 Å². The molecule has 1 nitrogen and oxygen atoms in total. The zero-order valence-electron chi connectivity index (χ0n) is 6.52. The summed E-state index contributed by atoms with van der Waals surface area (Å²) >= 11 is 0.150. The van der Waals surface area contributed by atoms with E-state index in [1.54, 1.807) is 0 Å². The Morgan fingerprint density at radius 3 is 2.60 bits per heavy atom. The second-order valence-corrected chi connectivity index (χ2v) is 4.34. The van der Waals surface area contributed by atoms with Crippen molar-refractivity contribution < 1.29 is 21.5 Å². The summed E-state index contributed by atoms with van der Waals surface area (Å²) in [5.74, 6) is 0.841. The van der Waals surface area contributed by atoms with E-state index in [1.807, 2.05) is 0 Å². The van der Waals surface area contributed by atoms with E-state index in [4.69, 9.17) is 0 Å². The van der Waals surface area contributed by atoms with Crippen LogP contribution in [0.5, 0.6) is 0 Å². The zero-order valence-corrected chi connectivity index (χ0v) is 8.67.